The first-order chi connectivity index (χ1) is 11.6. The van der Waals surface area contributed by atoms with Crippen molar-refractivity contribution >= 4 is 40.1 Å². The Morgan fingerprint density at radius 2 is 2.21 bits per heavy atom. The summed E-state index contributed by atoms with van der Waals surface area (Å²) in [5, 5.41) is 11.5. The molecule has 1 aliphatic heterocycles. The number of nitro benzene ring substituents is 1. The van der Waals surface area contributed by atoms with Crippen LogP contribution in [0.3, 0.4) is 0 Å². The number of halogens is 1. The summed E-state index contributed by atoms with van der Waals surface area (Å²) in [4.78, 5) is 15.3. The summed E-state index contributed by atoms with van der Waals surface area (Å²) in [6.07, 6.45) is 0. The average Bonchev–Trinajstić information content (AvgIpc) is 3.13. The SMILES string of the molecule is COc1ccc2nc3n(c2c1)C(c1cc([N+](=O)[O-])ccc1Cl)SC3. The first-order valence-electron chi connectivity index (χ1n) is 7.19. The van der Waals surface area contributed by atoms with Crippen LogP contribution in [-0.2, 0) is 5.75 Å². The van der Waals surface area contributed by atoms with Crippen molar-refractivity contribution in [1.82, 2.24) is 9.55 Å². The molecular weight excluding hydrogens is 350 g/mol. The smallest absolute Gasteiger partial charge is 0.269 e. The van der Waals surface area contributed by atoms with Crippen LogP contribution in [0.15, 0.2) is 36.4 Å². The van der Waals surface area contributed by atoms with Gasteiger partial charge in [0.05, 0.1) is 28.8 Å². The van der Waals surface area contributed by atoms with E-state index in [0.29, 0.717) is 5.02 Å². The maximum Gasteiger partial charge on any atom is 0.269 e. The summed E-state index contributed by atoms with van der Waals surface area (Å²) in [6, 6.07) is 10.2. The van der Waals surface area contributed by atoms with Crippen LogP contribution >= 0.6 is 23.4 Å². The maximum atomic E-state index is 11.1. The zero-order valence-electron chi connectivity index (χ0n) is 12.6. The molecule has 0 saturated heterocycles. The standard InChI is InChI=1S/C16H12ClN3O3S/c1-23-10-3-5-13-14(7-10)19-15(18-13)8-24-16(19)11-6-9(20(21)22)2-4-12(11)17/h2-7,16H,8H2,1H3. The van der Waals surface area contributed by atoms with Gasteiger partial charge >= 0.3 is 0 Å². The van der Waals surface area contributed by atoms with Gasteiger partial charge in [-0.1, -0.05) is 11.6 Å². The van der Waals surface area contributed by atoms with Crippen molar-refractivity contribution in [1.29, 1.82) is 0 Å². The van der Waals surface area contributed by atoms with E-state index in [1.54, 1.807) is 31.0 Å². The zero-order valence-corrected chi connectivity index (χ0v) is 14.2. The predicted octanol–water partition coefficient (Wildman–Crippen LogP) is 4.40. The van der Waals surface area contributed by atoms with Crippen LogP contribution in [0.25, 0.3) is 11.0 Å². The minimum Gasteiger partial charge on any atom is -0.497 e. The third-order valence-corrected chi connectivity index (χ3v) is 5.58. The number of nitro groups is 1. The fourth-order valence-electron chi connectivity index (χ4n) is 2.90. The molecule has 2 aromatic carbocycles. The molecule has 0 radical (unpaired) electrons. The minimum atomic E-state index is -0.407. The Labute approximate surface area is 146 Å². The summed E-state index contributed by atoms with van der Waals surface area (Å²) in [7, 11) is 1.62. The number of ether oxygens (including phenoxy) is 1. The van der Waals surface area contributed by atoms with Gasteiger partial charge in [-0.05, 0) is 18.2 Å². The van der Waals surface area contributed by atoms with E-state index in [4.69, 9.17) is 16.3 Å². The van der Waals surface area contributed by atoms with Crippen molar-refractivity contribution in [3.05, 3.63) is 62.9 Å². The molecular formula is C16H12ClN3O3S. The van der Waals surface area contributed by atoms with Crippen molar-refractivity contribution < 1.29 is 9.66 Å². The van der Waals surface area contributed by atoms with Crippen LogP contribution in [0, 0.1) is 10.1 Å². The van der Waals surface area contributed by atoms with Crippen LogP contribution < -0.4 is 4.74 Å². The van der Waals surface area contributed by atoms with Crippen LogP contribution in [0.5, 0.6) is 5.75 Å². The van der Waals surface area contributed by atoms with Crippen LogP contribution in [0.2, 0.25) is 5.02 Å². The lowest BCUT2D eigenvalue weighted by molar-refractivity contribution is -0.384. The number of imidazole rings is 1. The molecule has 3 aromatic rings. The molecule has 1 atom stereocenters. The molecule has 24 heavy (non-hydrogen) atoms. The van der Waals surface area contributed by atoms with Crippen molar-refractivity contribution in [2.45, 2.75) is 11.1 Å². The van der Waals surface area contributed by atoms with Crippen molar-refractivity contribution in [3.63, 3.8) is 0 Å². The average molecular weight is 362 g/mol. The molecule has 0 spiro atoms. The summed E-state index contributed by atoms with van der Waals surface area (Å²) >= 11 is 7.98. The number of non-ortho nitro benzene ring substituents is 1. The molecule has 0 saturated carbocycles. The molecule has 0 N–H and O–H groups in total. The molecule has 122 valence electrons. The predicted molar refractivity (Wildman–Crippen MR) is 93.8 cm³/mol. The van der Waals surface area contributed by atoms with Gasteiger partial charge in [0.15, 0.2) is 0 Å². The monoisotopic (exact) mass is 361 g/mol. The highest BCUT2D eigenvalue weighted by molar-refractivity contribution is 7.99. The molecule has 0 bridgehead atoms. The van der Waals surface area contributed by atoms with Crippen molar-refractivity contribution in [3.8, 4) is 5.75 Å². The molecule has 1 aliphatic rings. The van der Waals surface area contributed by atoms with E-state index >= 15 is 0 Å². The van der Waals surface area contributed by atoms with Gasteiger partial charge in [-0.25, -0.2) is 4.98 Å². The molecule has 0 aliphatic carbocycles. The molecule has 6 nitrogen and oxygen atoms in total. The number of rotatable bonds is 3. The summed E-state index contributed by atoms with van der Waals surface area (Å²) in [5.74, 6) is 2.39. The zero-order chi connectivity index (χ0) is 16.8. The number of methoxy groups -OCH3 is 1. The van der Waals surface area contributed by atoms with Gasteiger partial charge in [-0.2, -0.15) is 0 Å². The molecule has 1 unspecified atom stereocenters. The fraction of sp³-hybridized carbons (Fsp3) is 0.188. The normalized spacial score (nSPS) is 16.3. The van der Waals surface area contributed by atoms with Crippen LogP contribution in [0.1, 0.15) is 16.8 Å². The molecule has 0 amide bonds. The second-order valence-electron chi connectivity index (χ2n) is 5.38. The highest BCUT2D eigenvalue weighted by Gasteiger charge is 2.30. The van der Waals surface area contributed by atoms with E-state index in [1.807, 2.05) is 18.2 Å². The van der Waals surface area contributed by atoms with E-state index in [1.165, 1.54) is 6.07 Å². The van der Waals surface area contributed by atoms with Gasteiger partial charge < -0.3 is 9.30 Å². The van der Waals surface area contributed by atoms with E-state index in [2.05, 4.69) is 9.55 Å². The maximum absolute atomic E-state index is 11.1. The highest BCUT2D eigenvalue weighted by Crippen LogP contribution is 2.45. The molecule has 0 fully saturated rings. The number of hydrogen-bond acceptors (Lipinski definition) is 5. The lowest BCUT2D eigenvalue weighted by atomic mass is 10.2. The number of hydrogen-bond donors (Lipinski definition) is 0. The van der Waals surface area contributed by atoms with E-state index < -0.39 is 4.92 Å². The second kappa shape index (κ2) is 5.68. The Morgan fingerprint density at radius 1 is 1.38 bits per heavy atom. The molecule has 2 heterocycles. The minimum absolute atomic E-state index is 0.0328. The Kier molecular flexibility index (Phi) is 3.62. The second-order valence-corrected chi connectivity index (χ2v) is 6.85. The first-order valence-corrected chi connectivity index (χ1v) is 8.61. The van der Waals surface area contributed by atoms with Gasteiger partial charge in [0.1, 0.15) is 16.9 Å². The Bertz CT molecular complexity index is 973. The Balaban J connectivity index is 1.89. The van der Waals surface area contributed by atoms with Gasteiger partial charge in [-0.15, -0.1) is 11.8 Å². The van der Waals surface area contributed by atoms with Gasteiger partial charge in [-0.3, -0.25) is 10.1 Å². The molecule has 8 heteroatoms. The van der Waals surface area contributed by atoms with Gasteiger partial charge in [0.2, 0.25) is 0 Å². The Morgan fingerprint density at radius 3 is 2.96 bits per heavy atom. The van der Waals surface area contributed by atoms with Crippen molar-refractivity contribution in [2.75, 3.05) is 7.11 Å². The van der Waals surface area contributed by atoms with E-state index in [9.17, 15) is 10.1 Å². The molecule has 4 rings (SSSR count). The van der Waals surface area contributed by atoms with Crippen LogP contribution in [0.4, 0.5) is 5.69 Å². The number of aromatic nitrogens is 2. The summed E-state index contributed by atoms with van der Waals surface area (Å²) < 4.78 is 7.38. The van der Waals surface area contributed by atoms with Gasteiger partial charge in [0, 0.05) is 28.8 Å². The van der Waals surface area contributed by atoms with E-state index in [-0.39, 0.29) is 11.1 Å². The third kappa shape index (κ3) is 2.32. The Hall–Kier alpha value is -2.25. The lowest BCUT2D eigenvalue weighted by Gasteiger charge is -2.15. The first kappa shape index (κ1) is 15.3. The number of fused-ring (bicyclic) bond motifs is 3. The summed E-state index contributed by atoms with van der Waals surface area (Å²) in [6.45, 7) is 0. The van der Waals surface area contributed by atoms with Crippen LogP contribution in [-0.4, -0.2) is 21.6 Å². The van der Waals surface area contributed by atoms with E-state index in [0.717, 1.165) is 33.9 Å². The van der Waals surface area contributed by atoms with Crippen molar-refractivity contribution in [2.24, 2.45) is 0 Å². The summed E-state index contributed by atoms with van der Waals surface area (Å²) in [5.41, 5.74) is 2.56. The lowest BCUT2D eigenvalue weighted by Crippen LogP contribution is -2.05. The third-order valence-electron chi connectivity index (χ3n) is 4.03. The largest absolute Gasteiger partial charge is 0.497 e. The fourth-order valence-corrected chi connectivity index (χ4v) is 4.46. The number of benzene rings is 2. The highest BCUT2D eigenvalue weighted by atomic mass is 35.5. The van der Waals surface area contributed by atoms with Gasteiger partial charge in [0.25, 0.3) is 5.69 Å². The quantitative estimate of drug-likeness (QED) is 0.510. The molecule has 1 aromatic heterocycles. The number of nitrogens with zero attached hydrogens (tertiary/aromatic N) is 3. The number of thioether (sulfide) groups is 1. The topological polar surface area (TPSA) is 70.2 Å².